The molecule has 0 saturated carbocycles. The fourth-order valence-corrected chi connectivity index (χ4v) is 3.76. The first-order valence-electron chi connectivity index (χ1n) is 7.96. The number of hydrogen-bond donors (Lipinski definition) is 3. The molecule has 0 spiro atoms. The molecular formula is C17H21N3O. The number of aryl methyl sites for hydroxylation is 1. The standard InChI is InChI=1S/C17H21N3O/c21-17-15(9-4-10-18-17)19-14-8-3-6-12-11-5-1-2-7-13(11)20-16(12)14/h1-2,5,7,14-15,19-20H,3-4,6,8-10H2,(H,18,21). The second-order valence-corrected chi connectivity index (χ2v) is 6.16. The van der Waals surface area contributed by atoms with E-state index < -0.39 is 0 Å². The van der Waals surface area contributed by atoms with E-state index in [1.165, 1.54) is 28.6 Å². The highest BCUT2D eigenvalue weighted by atomic mass is 16.2. The maximum atomic E-state index is 12.0. The van der Waals surface area contributed by atoms with Crippen molar-refractivity contribution in [3.63, 3.8) is 0 Å². The van der Waals surface area contributed by atoms with Gasteiger partial charge in [-0.2, -0.15) is 0 Å². The lowest BCUT2D eigenvalue weighted by Crippen LogP contribution is -2.49. The molecule has 1 saturated heterocycles. The predicted molar refractivity (Wildman–Crippen MR) is 83.1 cm³/mol. The van der Waals surface area contributed by atoms with Crippen LogP contribution in [0.2, 0.25) is 0 Å². The van der Waals surface area contributed by atoms with Crippen molar-refractivity contribution in [3.8, 4) is 0 Å². The zero-order valence-corrected chi connectivity index (χ0v) is 12.1. The van der Waals surface area contributed by atoms with E-state index in [1.54, 1.807) is 0 Å². The molecule has 2 aliphatic rings. The van der Waals surface area contributed by atoms with Crippen molar-refractivity contribution in [1.82, 2.24) is 15.6 Å². The molecule has 0 bridgehead atoms. The average Bonchev–Trinajstić information content (AvgIpc) is 2.89. The summed E-state index contributed by atoms with van der Waals surface area (Å²) < 4.78 is 0. The number of fused-ring (bicyclic) bond motifs is 3. The third kappa shape index (κ3) is 2.23. The molecule has 1 fully saturated rings. The van der Waals surface area contributed by atoms with Crippen molar-refractivity contribution in [3.05, 3.63) is 35.5 Å². The van der Waals surface area contributed by atoms with Gasteiger partial charge in [0.15, 0.2) is 0 Å². The first-order chi connectivity index (χ1) is 10.3. The first-order valence-corrected chi connectivity index (χ1v) is 7.96. The number of hydrogen-bond acceptors (Lipinski definition) is 2. The van der Waals surface area contributed by atoms with E-state index in [9.17, 15) is 4.79 Å². The van der Waals surface area contributed by atoms with E-state index >= 15 is 0 Å². The van der Waals surface area contributed by atoms with Gasteiger partial charge in [0, 0.05) is 29.2 Å². The largest absolute Gasteiger partial charge is 0.357 e. The summed E-state index contributed by atoms with van der Waals surface area (Å²) in [5.41, 5.74) is 3.94. The smallest absolute Gasteiger partial charge is 0.237 e. The Balaban J connectivity index is 1.65. The molecule has 0 radical (unpaired) electrons. The SMILES string of the molecule is O=C1NCCCC1NC1CCCc2c1[nH]c1ccccc21. The monoisotopic (exact) mass is 283 g/mol. The van der Waals surface area contributed by atoms with Crippen molar-refractivity contribution in [2.75, 3.05) is 6.54 Å². The molecule has 1 aromatic carbocycles. The molecule has 1 amide bonds. The molecule has 1 aliphatic carbocycles. The van der Waals surface area contributed by atoms with Crippen molar-refractivity contribution < 1.29 is 4.79 Å². The van der Waals surface area contributed by atoms with Crippen molar-refractivity contribution >= 4 is 16.8 Å². The summed E-state index contributed by atoms with van der Waals surface area (Å²) in [6.45, 7) is 0.819. The number of carbonyl (C=O) groups excluding carboxylic acids is 1. The second-order valence-electron chi connectivity index (χ2n) is 6.16. The number of H-pyrrole nitrogens is 1. The van der Waals surface area contributed by atoms with Crippen LogP contribution in [-0.4, -0.2) is 23.5 Å². The molecular weight excluding hydrogens is 262 g/mol. The normalized spacial score (nSPS) is 25.6. The van der Waals surface area contributed by atoms with Crippen LogP contribution >= 0.6 is 0 Å². The first kappa shape index (κ1) is 12.9. The Bertz CT molecular complexity index is 676. The van der Waals surface area contributed by atoms with E-state index in [-0.39, 0.29) is 18.0 Å². The van der Waals surface area contributed by atoms with Gasteiger partial charge in [0.1, 0.15) is 0 Å². The Morgan fingerprint density at radius 3 is 2.86 bits per heavy atom. The van der Waals surface area contributed by atoms with Gasteiger partial charge in [-0.05, 0) is 43.7 Å². The van der Waals surface area contributed by atoms with Crippen LogP contribution in [0.15, 0.2) is 24.3 Å². The molecule has 1 aromatic heterocycles. The van der Waals surface area contributed by atoms with Crippen LogP contribution in [0, 0.1) is 0 Å². The minimum atomic E-state index is -0.0406. The van der Waals surface area contributed by atoms with Crippen LogP contribution in [0.4, 0.5) is 0 Å². The minimum absolute atomic E-state index is 0.0406. The number of piperidine rings is 1. The highest BCUT2D eigenvalue weighted by molar-refractivity contribution is 5.85. The third-order valence-electron chi connectivity index (χ3n) is 4.80. The van der Waals surface area contributed by atoms with Crippen LogP contribution < -0.4 is 10.6 Å². The van der Waals surface area contributed by atoms with E-state index in [0.29, 0.717) is 0 Å². The summed E-state index contributed by atoms with van der Waals surface area (Å²) in [6, 6.07) is 8.73. The van der Waals surface area contributed by atoms with Gasteiger partial charge in [-0.1, -0.05) is 18.2 Å². The second kappa shape index (κ2) is 5.19. The number of para-hydroxylation sites is 1. The molecule has 4 rings (SSSR count). The molecule has 1 aliphatic heterocycles. The van der Waals surface area contributed by atoms with Crippen LogP contribution in [-0.2, 0) is 11.2 Å². The van der Waals surface area contributed by atoms with Crippen LogP contribution in [0.1, 0.15) is 43.0 Å². The van der Waals surface area contributed by atoms with Crippen molar-refractivity contribution in [2.24, 2.45) is 0 Å². The number of nitrogens with one attached hydrogen (secondary N) is 3. The average molecular weight is 283 g/mol. The van der Waals surface area contributed by atoms with Gasteiger partial charge >= 0.3 is 0 Å². The van der Waals surface area contributed by atoms with E-state index in [4.69, 9.17) is 0 Å². The summed E-state index contributed by atoms with van der Waals surface area (Å²) in [5.74, 6) is 0.157. The van der Waals surface area contributed by atoms with Crippen LogP contribution in [0.5, 0.6) is 0 Å². The zero-order valence-electron chi connectivity index (χ0n) is 12.1. The summed E-state index contributed by atoms with van der Waals surface area (Å²) in [5, 5.41) is 7.88. The molecule has 21 heavy (non-hydrogen) atoms. The molecule has 110 valence electrons. The van der Waals surface area contributed by atoms with E-state index in [0.717, 1.165) is 32.2 Å². The highest BCUT2D eigenvalue weighted by Crippen LogP contribution is 2.35. The lowest BCUT2D eigenvalue weighted by atomic mass is 9.90. The van der Waals surface area contributed by atoms with Gasteiger partial charge in [-0.25, -0.2) is 0 Å². The fourth-order valence-electron chi connectivity index (χ4n) is 3.76. The number of aromatic nitrogens is 1. The lowest BCUT2D eigenvalue weighted by molar-refractivity contribution is -0.124. The van der Waals surface area contributed by atoms with Crippen molar-refractivity contribution in [2.45, 2.75) is 44.2 Å². The molecule has 2 aromatic rings. The van der Waals surface area contributed by atoms with Crippen LogP contribution in [0.3, 0.4) is 0 Å². The van der Waals surface area contributed by atoms with Gasteiger partial charge < -0.3 is 10.3 Å². The molecule has 4 nitrogen and oxygen atoms in total. The Morgan fingerprint density at radius 1 is 1.10 bits per heavy atom. The van der Waals surface area contributed by atoms with E-state index in [2.05, 4.69) is 39.9 Å². The van der Waals surface area contributed by atoms with Crippen LogP contribution in [0.25, 0.3) is 10.9 Å². The Hall–Kier alpha value is -1.81. The maximum Gasteiger partial charge on any atom is 0.237 e. The van der Waals surface area contributed by atoms with Gasteiger partial charge in [0.2, 0.25) is 5.91 Å². The van der Waals surface area contributed by atoms with Gasteiger partial charge in [0.05, 0.1) is 6.04 Å². The molecule has 2 heterocycles. The fraction of sp³-hybridized carbons (Fsp3) is 0.471. The minimum Gasteiger partial charge on any atom is -0.357 e. The summed E-state index contributed by atoms with van der Waals surface area (Å²) in [6.07, 6.45) is 5.42. The maximum absolute atomic E-state index is 12.0. The number of carbonyl (C=O) groups is 1. The van der Waals surface area contributed by atoms with Crippen molar-refractivity contribution in [1.29, 1.82) is 0 Å². The Kier molecular flexibility index (Phi) is 3.19. The van der Waals surface area contributed by atoms with Gasteiger partial charge in [-0.15, -0.1) is 0 Å². The quantitative estimate of drug-likeness (QED) is 0.793. The summed E-state index contributed by atoms with van der Waals surface area (Å²) in [4.78, 5) is 15.5. The zero-order chi connectivity index (χ0) is 14.2. The highest BCUT2D eigenvalue weighted by Gasteiger charge is 2.29. The molecule has 2 atom stereocenters. The number of benzene rings is 1. The summed E-state index contributed by atoms with van der Waals surface area (Å²) in [7, 11) is 0. The molecule has 2 unspecified atom stereocenters. The van der Waals surface area contributed by atoms with Gasteiger partial charge in [-0.3, -0.25) is 10.1 Å². The van der Waals surface area contributed by atoms with Gasteiger partial charge in [0.25, 0.3) is 0 Å². The Morgan fingerprint density at radius 2 is 1.95 bits per heavy atom. The third-order valence-corrected chi connectivity index (χ3v) is 4.80. The number of rotatable bonds is 2. The van der Waals surface area contributed by atoms with E-state index in [1.807, 2.05) is 0 Å². The summed E-state index contributed by atoms with van der Waals surface area (Å²) >= 11 is 0. The number of amides is 1. The predicted octanol–water partition coefficient (Wildman–Crippen LogP) is 2.41. The number of aromatic amines is 1. The Labute approximate surface area is 124 Å². The molecule has 4 heteroatoms. The molecule has 3 N–H and O–H groups in total. The topological polar surface area (TPSA) is 56.9 Å². The lowest BCUT2D eigenvalue weighted by Gasteiger charge is -2.30.